The lowest BCUT2D eigenvalue weighted by Crippen LogP contribution is -1.91. The number of hydrogen-bond donors (Lipinski definition) is 0. The van der Waals surface area contributed by atoms with E-state index in [4.69, 9.17) is 5.26 Å². The lowest BCUT2D eigenvalue weighted by Gasteiger charge is -1.99. The topological polar surface area (TPSA) is 23.8 Å². The van der Waals surface area contributed by atoms with E-state index in [1.807, 2.05) is 13.8 Å². The molecule has 1 nitrogen and oxygen atoms in total. The first kappa shape index (κ1) is 10.4. The van der Waals surface area contributed by atoms with E-state index in [1.54, 1.807) is 6.08 Å². The molecule has 72 valence electrons. The van der Waals surface area contributed by atoms with Crippen molar-refractivity contribution >= 4 is 6.08 Å². The summed E-state index contributed by atoms with van der Waals surface area (Å²) in [4.78, 5) is 0. The SMILES string of the molecule is CC(C)=Cc1cc(F)c(C#N)c(F)c1. The second-order valence-corrected chi connectivity index (χ2v) is 3.19. The van der Waals surface area contributed by atoms with E-state index in [2.05, 4.69) is 0 Å². The van der Waals surface area contributed by atoms with Crippen LogP contribution in [0.15, 0.2) is 17.7 Å². The van der Waals surface area contributed by atoms with Gasteiger partial charge in [0, 0.05) is 0 Å². The molecular weight excluding hydrogens is 184 g/mol. The second-order valence-electron chi connectivity index (χ2n) is 3.19. The van der Waals surface area contributed by atoms with E-state index >= 15 is 0 Å². The molecule has 0 aliphatic rings. The summed E-state index contributed by atoms with van der Waals surface area (Å²) in [7, 11) is 0. The van der Waals surface area contributed by atoms with Gasteiger partial charge >= 0.3 is 0 Å². The Balaban J connectivity index is 3.30. The zero-order chi connectivity index (χ0) is 10.7. The molecule has 0 heterocycles. The van der Waals surface area contributed by atoms with Crippen LogP contribution in [0.3, 0.4) is 0 Å². The molecule has 0 radical (unpaired) electrons. The molecule has 0 unspecified atom stereocenters. The van der Waals surface area contributed by atoms with Gasteiger partial charge in [0.1, 0.15) is 23.3 Å². The van der Waals surface area contributed by atoms with E-state index in [0.29, 0.717) is 5.56 Å². The van der Waals surface area contributed by atoms with Crippen molar-refractivity contribution in [2.24, 2.45) is 0 Å². The van der Waals surface area contributed by atoms with E-state index in [1.165, 1.54) is 6.07 Å². The number of nitrogens with zero attached hydrogens (tertiary/aromatic N) is 1. The number of benzene rings is 1. The molecule has 0 aliphatic carbocycles. The molecule has 1 rings (SSSR count). The van der Waals surface area contributed by atoms with Crippen LogP contribution in [0.2, 0.25) is 0 Å². The average Bonchev–Trinajstić information content (AvgIpc) is 2.01. The van der Waals surface area contributed by atoms with Crippen LogP contribution in [0.4, 0.5) is 8.78 Å². The molecule has 0 spiro atoms. The maximum atomic E-state index is 13.1. The Morgan fingerprint density at radius 2 is 1.79 bits per heavy atom. The summed E-state index contributed by atoms with van der Waals surface area (Å²) in [6, 6.07) is 3.77. The second kappa shape index (κ2) is 4.01. The van der Waals surface area contributed by atoms with Crippen LogP contribution in [0, 0.1) is 23.0 Å². The molecule has 0 amide bonds. The first-order valence-electron chi connectivity index (χ1n) is 4.08. The van der Waals surface area contributed by atoms with Gasteiger partial charge in [-0.1, -0.05) is 11.6 Å². The monoisotopic (exact) mass is 193 g/mol. The van der Waals surface area contributed by atoms with Gasteiger partial charge in [0.05, 0.1) is 0 Å². The van der Waals surface area contributed by atoms with Crippen LogP contribution in [0.25, 0.3) is 6.08 Å². The van der Waals surface area contributed by atoms with Crippen molar-refractivity contribution in [3.63, 3.8) is 0 Å². The number of rotatable bonds is 1. The molecule has 14 heavy (non-hydrogen) atoms. The fourth-order valence-electron chi connectivity index (χ4n) is 1.12. The first-order valence-corrected chi connectivity index (χ1v) is 4.08. The minimum atomic E-state index is -0.819. The van der Waals surface area contributed by atoms with Gasteiger partial charge in [0.2, 0.25) is 0 Å². The predicted molar refractivity (Wildman–Crippen MR) is 50.4 cm³/mol. The highest BCUT2D eigenvalue weighted by Gasteiger charge is 2.09. The molecule has 0 aliphatic heterocycles. The summed E-state index contributed by atoms with van der Waals surface area (Å²) in [5.41, 5.74) is 0.836. The van der Waals surface area contributed by atoms with Crippen molar-refractivity contribution in [2.45, 2.75) is 13.8 Å². The molecule has 0 saturated heterocycles. The lowest BCUT2D eigenvalue weighted by atomic mass is 10.1. The molecular formula is C11H9F2N. The maximum Gasteiger partial charge on any atom is 0.144 e. The van der Waals surface area contributed by atoms with Gasteiger partial charge in [-0.2, -0.15) is 5.26 Å². The largest absolute Gasteiger partial charge is 0.205 e. The molecule has 0 bridgehead atoms. The lowest BCUT2D eigenvalue weighted by molar-refractivity contribution is 0.576. The number of allylic oxidation sites excluding steroid dienone is 1. The smallest absolute Gasteiger partial charge is 0.144 e. The van der Waals surface area contributed by atoms with Gasteiger partial charge in [-0.25, -0.2) is 8.78 Å². The summed E-state index contributed by atoms with van der Waals surface area (Å²) < 4.78 is 26.1. The molecule has 1 aromatic carbocycles. The molecule has 0 fully saturated rings. The van der Waals surface area contributed by atoms with E-state index < -0.39 is 17.2 Å². The van der Waals surface area contributed by atoms with Crippen LogP contribution in [-0.4, -0.2) is 0 Å². The Hall–Kier alpha value is -1.69. The van der Waals surface area contributed by atoms with Crippen molar-refractivity contribution in [1.29, 1.82) is 5.26 Å². The standard InChI is InChI=1S/C11H9F2N/c1-7(2)3-8-4-10(12)9(6-14)11(13)5-8/h3-5H,1-2H3. The Kier molecular flexibility index (Phi) is 2.98. The minimum Gasteiger partial charge on any atom is -0.205 e. The zero-order valence-corrected chi connectivity index (χ0v) is 7.94. The Morgan fingerprint density at radius 3 is 2.14 bits per heavy atom. The van der Waals surface area contributed by atoms with Crippen molar-refractivity contribution in [1.82, 2.24) is 0 Å². The number of halogens is 2. The summed E-state index contributed by atoms with van der Waals surface area (Å²) in [5.74, 6) is -1.64. The minimum absolute atomic E-state index is 0.430. The first-order chi connectivity index (χ1) is 6.54. The van der Waals surface area contributed by atoms with Crippen molar-refractivity contribution in [2.75, 3.05) is 0 Å². The summed E-state index contributed by atoms with van der Waals surface area (Å²) in [6.45, 7) is 3.65. The number of hydrogen-bond acceptors (Lipinski definition) is 1. The fraction of sp³-hybridized carbons (Fsp3) is 0.182. The van der Waals surface area contributed by atoms with E-state index in [0.717, 1.165) is 17.7 Å². The maximum absolute atomic E-state index is 13.1. The molecule has 0 saturated carbocycles. The van der Waals surface area contributed by atoms with Crippen molar-refractivity contribution < 1.29 is 8.78 Å². The molecule has 0 atom stereocenters. The van der Waals surface area contributed by atoms with Crippen LogP contribution in [0.5, 0.6) is 0 Å². The van der Waals surface area contributed by atoms with Crippen molar-refractivity contribution in [3.05, 3.63) is 40.5 Å². The number of nitriles is 1. The van der Waals surface area contributed by atoms with Gasteiger partial charge in [0.25, 0.3) is 0 Å². The van der Waals surface area contributed by atoms with Gasteiger partial charge in [-0.15, -0.1) is 0 Å². The molecule has 3 heteroatoms. The zero-order valence-electron chi connectivity index (χ0n) is 7.94. The highest BCUT2D eigenvalue weighted by Crippen LogP contribution is 2.16. The summed E-state index contributed by atoms with van der Waals surface area (Å²) >= 11 is 0. The molecule has 0 N–H and O–H groups in total. The Labute approximate surface area is 81.3 Å². The molecule has 0 aromatic heterocycles. The third-order valence-electron chi connectivity index (χ3n) is 1.63. The molecule has 1 aromatic rings. The van der Waals surface area contributed by atoms with Gasteiger partial charge < -0.3 is 0 Å². The summed E-state index contributed by atoms with van der Waals surface area (Å²) in [6.07, 6.45) is 1.65. The summed E-state index contributed by atoms with van der Waals surface area (Å²) in [5, 5.41) is 8.43. The van der Waals surface area contributed by atoms with Crippen LogP contribution < -0.4 is 0 Å². The van der Waals surface area contributed by atoms with Crippen LogP contribution in [-0.2, 0) is 0 Å². The quantitative estimate of drug-likeness (QED) is 0.671. The van der Waals surface area contributed by atoms with Gasteiger partial charge in [0.15, 0.2) is 0 Å². The van der Waals surface area contributed by atoms with Gasteiger partial charge in [-0.3, -0.25) is 0 Å². The third kappa shape index (κ3) is 2.17. The Morgan fingerprint density at radius 1 is 1.29 bits per heavy atom. The van der Waals surface area contributed by atoms with Crippen molar-refractivity contribution in [3.8, 4) is 6.07 Å². The fourth-order valence-corrected chi connectivity index (χ4v) is 1.12. The predicted octanol–water partition coefficient (Wildman–Crippen LogP) is 3.26. The highest BCUT2D eigenvalue weighted by molar-refractivity contribution is 5.54. The average molecular weight is 193 g/mol. The van der Waals surface area contributed by atoms with Crippen LogP contribution in [0.1, 0.15) is 25.0 Å². The van der Waals surface area contributed by atoms with Crippen LogP contribution >= 0.6 is 0 Å². The van der Waals surface area contributed by atoms with E-state index in [9.17, 15) is 8.78 Å². The highest BCUT2D eigenvalue weighted by atomic mass is 19.1. The normalized spacial score (nSPS) is 9.36. The van der Waals surface area contributed by atoms with Gasteiger partial charge in [-0.05, 0) is 31.5 Å². The Bertz CT molecular complexity index is 400. The third-order valence-corrected chi connectivity index (χ3v) is 1.63. The van der Waals surface area contributed by atoms with E-state index in [-0.39, 0.29) is 0 Å².